The third-order valence-electron chi connectivity index (χ3n) is 3.32. The van der Waals surface area contributed by atoms with Crippen molar-refractivity contribution in [2.45, 2.75) is 6.42 Å². The van der Waals surface area contributed by atoms with E-state index in [0.717, 1.165) is 21.6 Å². The molecule has 5 heteroatoms. The fourth-order valence-electron chi connectivity index (χ4n) is 2.47. The molecule has 1 aliphatic rings. The molecule has 2 N–H and O–H groups in total. The zero-order valence-corrected chi connectivity index (χ0v) is 11.5. The monoisotopic (exact) mass is 276 g/mol. The minimum Gasteiger partial charge on any atom is -0.390 e. The molecule has 0 fully saturated rings. The zero-order valence-electron chi connectivity index (χ0n) is 10.7. The zero-order chi connectivity index (χ0) is 13.7. The Morgan fingerprint density at radius 2 is 2.16 bits per heavy atom. The van der Waals surface area contributed by atoms with Crippen LogP contribution in [0.3, 0.4) is 0 Å². The van der Waals surface area contributed by atoms with Gasteiger partial charge >= 0.3 is 0 Å². The van der Waals surface area contributed by atoms with E-state index in [1.54, 1.807) is 20.2 Å². The summed E-state index contributed by atoms with van der Waals surface area (Å²) >= 11 is 1.42. The van der Waals surface area contributed by atoms with Crippen LogP contribution in [0.5, 0.6) is 0 Å². The largest absolute Gasteiger partial charge is 0.390 e. The van der Waals surface area contributed by atoms with E-state index in [1.807, 2.05) is 0 Å². The van der Waals surface area contributed by atoms with Crippen LogP contribution in [0.2, 0.25) is 0 Å². The summed E-state index contributed by atoms with van der Waals surface area (Å²) in [6, 6.07) is 4.68. The molecule has 1 aliphatic carbocycles. The van der Waals surface area contributed by atoms with Crippen LogP contribution >= 0.6 is 11.3 Å². The van der Waals surface area contributed by atoms with Gasteiger partial charge in [0, 0.05) is 31.0 Å². The van der Waals surface area contributed by atoms with E-state index in [4.69, 9.17) is 5.73 Å². The van der Waals surface area contributed by atoms with Gasteiger partial charge in [-0.25, -0.2) is 4.39 Å². The number of rotatable bonds is 1. The second-order valence-electron chi connectivity index (χ2n) is 4.82. The molecule has 1 heterocycles. The van der Waals surface area contributed by atoms with Gasteiger partial charge in [-0.2, -0.15) is 0 Å². The molecule has 1 aromatic heterocycles. The number of nitrogens with zero attached hydrogens (tertiary/aromatic N) is 1. The summed E-state index contributed by atoms with van der Waals surface area (Å²) in [5.74, 6) is -0.352. The number of hydrogen-bond donors (Lipinski definition) is 1. The van der Waals surface area contributed by atoms with Gasteiger partial charge in [0.05, 0.1) is 10.6 Å². The van der Waals surface area contributed by atoms with Gasteiger partial charge in [-0.1, -0.05) is 6.07 Å². The first-order valence-electron chi connectivity index (χ1n) is 5.90. The van der Waals surface area contributed by atoms with Gasteiger partial charge in [0.1, 0.15) is 5.82 Å². The quantitative estimate of drug-likeness (QED) is 0.743. The van der Waals surface area contributed by atoms with E-state index in [9.17, 15) is 9.18 Å². The predicted molar refractivity (Wildman–Crippen MR) is 74.9 cm³/mol. The highest BCUT2D eigenvalue weighted by atomic mass is 32.1. The SMILES string of the molecule is CN(C)C(=O)c1c(N)sc2c1-c1ccc(F)cc1C2. The second-order valence-corrected chi connectivity index (χ2v) is 5.95. The lowest BCUT2D eigenvalue weighted by atomic mass is 10.0. The highest BCUT2D eigenvalue weighted by Gasteiger charge is 2.30. The third-order valence-corrected chi connectivity index (χ3v) is 4.33. The molecule has 0 bridgehead atoms. The number of thiophene rings is 1. The maximum atomic E-state index is 13.3. The van der Waals surface area contributed by atoms with Crippen LogP contribution in [0.15, 0.2) is 18.2 Å². The van der Waals surface area contributed by atoms with Crippen LogP contribution in [0.1, 0.15) is 20.8 Å². The Morgan fingerprint density at radius 1 is 1.42 bits per heavy atom. The first-order valence-corrected chi connectivity index (χ1v) is 6.72. The van der Waals surface area contributed by atoms with Crippen molar-refractivity contribution in [2.24, 2.45) is 0 Å². The molecule has 3 rings (SSSR count). The van der Waals surface area contributed by atoms with Crippen molar-refractivity contribution in [3.05, 3.63) is 40.0 Å². The fraction of sp³-hybridized carbons (Fsp3) is 0.214. The van der Waals surface area contributed by atoms with Crippen molar-refractivity contribution in [3.63, 3.8) is 0 Å². The van der Waals surface area contributed by atoms with Crippen molar-refractivity contribution in [1.82, 2.24) is 4.90 Å². The molecule has 1 amide bonds. The Balaban J connectivity index is 2.22. The number of hydrogen-bond acceptors (Lipinski definition) is 3. The number of halogens is 1. The van der Waals surface area contributed by atoms with E-state index in [0.29, 0.717) is 17.0 Å². The lowest BCUT2D eigenvalue weighted by molar-refractivity contribution is 0.0830. The average Bonchev–Trinajstić information content (AvgIpc) is 2.81. The van der Waals surface area contributed by atoms with Crippen molar-refractivity contribution < 1.29 is 9.18 Å². The van der Waals surface area contributed by atoms with Crippen LogP contribution in [0, 0.1) is 5.82 Å². The summed E-state index contributed by atoms with van der Waals surface area (Å²) in [5, 5.41) is 0.540. The normalized spacial score (nSPS) is 12.2. The number of carbonyl (C=O) groups is 1. The summed E-state index contributed by atoms with van der Waals surface area (Å²) in [6.07, 6.45) is 0.651. The van der Waals surface area contributed by atoms with Gasteiger partial charge in [-0.15, -0.1) is 11.3 Å². The highest BCUT2D eigenvalue weighted by Crippen LogP contribution is 2.46. The van der Waals surface area contributed by atoms with Crippen molar-refractivity contribution in [1.29, 1.82) is 0 Å². The molecule has 0 spiro atoms. The highest BCUT2D eigenvalue weighted by molar-refractivity contribution is 7.17. The van der Waals surface area contributed by atoms with E-state index in [-0.39, 0.29) is 11.7 Å². The Hall–Kier alpha value is -1.88. The molecule has 0 saturated carbocycles. The number of fused-ring (bicyclic) bond motifs is 3. The number of carbonyl (C=O) groups excluding carboxylic acids is 1. The minimum atomic E-state index is -0.248. The standard InChI is InChI=1S/C14H13FN2OS/c1-17(2)14(18)12-11-9-4-3-8(15)5-7(9)6-10(11)19-13(12)16/h3-5H,6,16H2,1-2H3. The minimum absolute atomic E-state index is 0.104. The van der Waals surface area contributed by atoms with E-state index >= 15 is 0 Å². The number of amides is 1. The molecule has 19 heavy (non-hydrogen) atoms. The number of nitrogens with two attached hydrogens (primary N) is 1. The van der Waals surface area contributed by atoms with Crippen molar-refractivity contribution in [2.75, 3.05) is 19.8 Å². The van der Waals surface area contributed by atoms with Gasteiger partial charge in [0.2, 0.25) is 0 Å². The van der Waals surface area contributed by atoms with E-state index in [1.165, 1.54) is 28.4 Å². The molecular weight excluding hydrogens is 263 g/mol. The summed E-state index contributed by atoms with van der Waals surface area (Å²) in [6.45, 7) is 0. The van der Waals surface area contributed by atoms with Gasteiger partial charge < -0.3 is 10.6 Å². The van der Waals surface area contributed by atoms with E-state index in [2.05, 4.69) is 0 Å². The van der Waals surface area contributed by atoms with Gasteiger partial charge in [0.15, 0.2) is 0 Å². The summed E-state index contributed by atoms with van der Waals surface area (Å²) in [4.78, 5) is 14.8. The summed E-state index contributed by atoms with van der Waals surface area (Å²) < 4.78 is 13.3. The Bertz CT molecular complexity index is 691. The second kappa shape index (κ2) is 4.06. The van der Waals surface area contributed by atoms with Crippen LogP contribution in [-0.2, 0) is 6.42 Å². The number of anilines is 1. The van der Waals surface area contributed by atoms with Gasteiger partial charge in [-0.05, 0) is 23.3 Å². The fourth-order valence-corrected chi connectivity index (χ4v) is 3.57. The molecule has 0 atom stereocenters. The van der Waals surface area contributed by atoms with Gasteiger partial charge in [0.25, 0.3) is 5.91 Å². The molecule has 2 aromatic rings. The van der Waals surface area contributed by atoms with Crippen LogP contribution in [-0.4, -0.2) is 24.9 Å². The molecule has 0 radical (unpaired) electrons. The van der Waals surface area contributed by atoms with Gasteiger partial charge in [-0.3, -0.25) is 4.79 Å². The predicted octanol–water partition coefficient (Wildman–Crippen LogP) is 2.74. The van der Waals surface area contributed by atoms with E-state index < -0.39 is 0 Å². The molecule has 1 aromatic carbocycles. The van der Waals surface area contributed by atoms with Crippen LogP contribution < -0.4 is 5.73 Å². The third kappa shape index (κ3) is 1.73. The Labute approximate surface area is 114 Å². The molecule has 0 unspecified atom stereocenters. The maximum Gasteiger partial charge on any atom is 0.256 e. The number of benzene rings is 1. The maximum absolute atomic E-state index is 13.3. The first-order chi connectivity index (χ1) is 8.99. The lowest BCUT2D eigenvalue weighted by Crippen LogP contribution is -2.22. The first kappa shape index (κ1) is 12.2. The van der Waals surface area contributed by atoms with Crippen LogP contribution in [0.4, 0.5) is 9.39 Å². The average molecular weight is 276 g/mol. The molecule has 0 aliphatic heterocycles. The summed E-state index contributed by atoms with van der Waals surface area (Å²) in [5.41, 5.74) is 9.26. The smallest absolute Gasteiger partial charge is 0.256 e. The molecule has 98 valence electrons. The van der Waals surface area contributed by atoms with Crippen molar-refractivity contribution >= 4 is 22.2 Å². The summed E-state index contributed by atoms with van der Waals surface area (Å²) in [7, 11) is 3.40. The lowest BCUT2D eigenvalue weighted by Gasteiger charge is -2.12. The Morgan fingerprint density at radius 3 is 2.84 bits per heavy atom. The number of nitrogen functional groups attached to an aromatic ring is 1. The van der Waals surface area contributed by atoms with Crippen LogP contribution in [0.25, 0.3) is 11.1 Å². The van der Waals surface area contributed by atoms with Crippen molar-refractivity contribution in [3.8, 4) is 11.1 Å². The topological polar surface area (TPSA) is 46.3 Å². The Kier molecular flexibility index (Phi) is 2.60. The molecule has 0 saturated heterocycles. The molecular formula is C14H13FN2OS. The molecule has 3 nitrogen and oxygen atoms in total.